The van der Waals surface area contributed by atoms with Crippen molar-refractivity contribution in [2.75, 3.05) is 26.1 Å². The van der Waals surface area contributed by atoms with Crippen LogP contribution in [0.15, 0.2) is 30.6 Å². The van der Waals surface area contributed by atoms with Crippen molar-refractivity contribution >= 4 is 23.2 Å². The van der Waals surface area contributed by atoms with Gasteiger partial charge >= 0.3 is 0 Å². The minimum atomic E-state index is -0.620. The lowest BCUT2D eigenvalue weighted by Gasteiger charge is -2.33. The topological polar surface area (TPSA) is 159 Å². The van der Waals surface area contributed by atoms with Gasteiger partial charge in [0, 0.05) is 14.1 Å². The smallest absolute Gasteiger partial charge is 0.273 e. The molecule has 0 radical (unpaired) electrons. The number of nitrogens with two attached hydrogens (primary N) is 1. The Morgan fingerprint density at radius 1 is 1.28 bits per heavy atom. The number of carbonyl (C=O) groups excluding carboxylic acids is 2. The van der Waals surface area contributed by atoms with Gasteiger partial charge < -0.3 is 25.8 Å². The third-order valence-electron chi connectivity index (χ3n) is 5.06. The van der Waals surface area contributed by atoms with E-state index in [1.54, 1.807) is 30.2 Å². The molecule has 3 aromatic rings. The fourth-order valence-electron chi connectivity index (χ4n) is 3.38. The standard InChI is InChI=1S/C20H22N8O4/c1-22-20(30)15-13(7-14(25-26-15)17-11(8-32-17)18(21)29)24-12-6-4-5-10(16(12)31-3)19-23-9-28(2)27-19/h4-7,9,11,17H,8H2,1-3H3,(H2,21,29)(H,22,30)(H,24,25). The monoisotopic (exact) mass is 438 g/mol. The maximum absolute atomic E-state index is 12.4. The number of aryl methyl sites for hydroxylation is 1. The third-order valence-corrected chi connectivity index (χ3v) is 5.06. The van der Waals surface area contributed by atoms with Gasteiger partial charge in [-0.25, -0.2) is 4.98 Å². The highest BCUT2D eigenvalue weighted by Crippen LogP contribution is 2.39. The van der Waals surface area contributed by atoms with E-state index in [-0.39, 0.29) is 12.3 Å². The molecule has 2 amide bonds. The van der Waals surface area contributed by atoms with E-state index in [0.29, 0.717) is 34.2 Å². The maximum atomic E-state index is 12.4. The molecule has 1 aliphatic rings. The molecule has 2 atom stereocenters. The summed E-state index contributed by atoms with van der Waals surface area (Å²) in [6.07, 6.45) is 0.969. The van der Waals surface area contributed by atoms with Gasteiger partial charge in [-0.1, -0.05) is 6.07 Å². The lowest BCUT2D eigenvalue weighted by Crippen LogP contribution is -2.42. The van der Waals surface area contributed by atoms with Crippen molar-refractivity contribution in [1.82, 2.24) is 30.3 Å². The second-order valence-corrected chi connectivity index (χ2v) is 7.13. The summed E-state index contributed by atoms with van der Waals surface area (Å²) in [5.41, 5.74) is 7.45. The zero-order valence-electron chi connectivity index (χ0n) is 17.7. The molecule has 1 saturated heterocycles. The molecule has 12 nitrogen and oxygen atoms in total. The van der Waals surface area contributed by atoms with Crippen LogP contribution in [0.4, 0.5) is 11.4 Å². The molecule has 0 saturated carbocycles. The van der Waals surface area contributed by atoms with Crippen LogP contribution < -0.4 is 21.1 Å². The van der Waals surface area contributed by atoms with Gasteiger partial charge in [0.2, 0.25) is 5.91 Å². The number of hydrogen-bond donors (Lipinski definition) is 3. The van der Waals surface area contributed by atoms with Gasteiger partial charge in [0.25, 0.3) is 5.91 Å². The number of para-hydroxylation sites is 1. The zero-order valence-corrected chi connectivity index (χ0v) is 17.7. The fraction of sp³-hybridized carbons (Fsp3) is 0.300. The second kappa shape index (κ2) is 8.59. The van der Waals surface area contributed by atoms with Gasteiger partial charge in [-0.3, -0.25) is 14.3 Å². The maximum Gasteiger partial charge on any atom is 0.273 e. The lowest BCUT2D eigenvalue weighted by atomic mass is 9.94. The van der Waals surface area contributed by atoms with Gasteiger partial charge in [0.15, 0.2) is 17.3 Å². The summed E-state index contributed by atoms with van der Waals surface area (Å²) in [5, 5.41) is 18.2. The Labute approximate surface area is 183 Å². The van der Waals surface area contributed by atoms with Crippen molar-refractivity contribution in [1.29, 1.82) is 0 Å². The number of rotatable bonds is 7. The average molecular weight is 438 g/mol. The van der Waals surface area contributed by atoms with Crippen molar-refractivity contribution in [3.05, 3.63) is 42.0 Å². The normalized spacial score (nSPS) is 17.3. The molecule has 4 rings (SSSR count). The Bertz CT molecular complexity index is 1180. The van der Waals surface area contributed by atoms with Crippen LogP contribution in [-0.2, 0) is 16.6 Å². The number of aromatic nitrogens is 5. The van der Waals surface area contributed by atoms with Crippen LogP contribution >= 0.6 is 0 Å². The van der Waals surface area contributed by atoms with Crippen LogP contribution in [0.1, 0.15) is 22.3 Å². The van der Waals surface area contributed by atoms with Gasteiger partial charge in [-0.15, -0.1) is 5.10 Å². The molecule has 4 N–H and O–H groups in total. The number of carbonyl (C=O) groups is 2. The van der Waals surface area contributed by atoms with E-state index in [9.17, 15) is 9.59 Å². The van der Waals surface area contributed by atoms with Crippen molar-refractivity contribution in [2.24, 2.45) is 18.7 Å². The first-order valence-electron chi connectivity index (χ1n) is 9.73. The molecule has 0 bridgehead atoms. The Hall–Kier alpha value is -4.06. The van der Waals surface area contributed by atoms with Crippen LogP contribution in [0.5, 0.6) is 5.75 Å². The molecule has 3 heterocycles. The molecule has 1 fully saturated rings. The number of methoxy groups -OCH3 is 1. The largest absolute Gasteiger partial charge is 0.494 e. The molecule has 0 spiro atoms. The molecule has 1 aromatic carbocycles. The number of primary amides is 1. The number of benzene rings is 1. The van der Waals surface area contributed by atoms with Gasteiger partial charge in [0.1, 0.15) is 12.4 Å². The van der Waals surface area contributed by atoms with E-state index in [1.165, 1.54) is 14.2 Å². The predicted molar refractivity (Wildman–Crippen MR) is 113 cm³/mol. The van der Waals surface area contributed by atoms with Crippen LogP contribution in [0.2, 0.25) is 0 Å². The molecule has 0 aliphatic carbocycles. The van der Waals surface area contributed by atoms with Crippen LogP contribution in [0, 0.1) is 5.92 Å². The quantitative estimate of drug-likeness (QED) is 0.479. The zero-order chi connectivity index (χ0) is 22.8. The molecule has 1 aliphatic heterocycles. The number of ether oxygens (including phenoxy) is 2. The van der Waals surface area contributed by atoms with Crippen LogP contribution in [0.3, 0.4) is 0 Å². The molecule has 166 valence electrons. The second-order valence-electron chi connectivity index (χ2n) is 7.13. The summed E-state index contributed by atoms with van der Waals surface area (Å²) in [6.45, 7) is 0.217. The highest BCUT2D eigenvalue weighted by Gasteiger charge is 2.39. The number of nitrogens with zero attached hydrogens (tertiary/aromatic N) is 5. The molecule has 2 aromatic heterocycles. The first-order valence-corrected chi connectivity index (χ1v) is 9.73. The summed E-state index contributed by atoms with van der Waals surface area (Å²) in [7, 11) is 4.79. The molecule has 2 unspecified atom stereocenters. The third kappa shape index (κ3) is 3.83. The van der Waals surface area contributed by atoms with Crippen molar-refractivity contribution < 1.29 is 19.1 Å². The molecular formula is C20H22N8O4. The number of hydrogen-bond acceptors (Lipinski definition) is 9. The van der Waals surface area contributed by atoms with Crippen molar-refractivity contribution in [3.63, 3.8) is 0 Å². The van der Waals surface area contributed by atoms with E-state index < -0.39 is 23.8 Å². The van der Waals surface area contributed by atoms with E-state index in [2.05, 4.69) is 30.9 Å². The van der Waals surface area contributed by atoms with Crippen LogP contribution in [0.25, 0.3) is 11.4 Å². The Kier molecular flexibility index (Phi) is 5.69. The van der Waals surface area contributed by atoms with Gasteiger partial charge in [0.05, 0.1) is 42.3 Å². The molecular weight excluding hydrogens is 416 g/mol. The number of nitrogens with one attached hydrogen (secondary N) is 2. The van der Waals surface area contributed by atoms with Crippen molar-refractivity contribution in [3.8, 4) is 17.1 Å². The minimum absolute atomic E-state index is 0.0645. The van der Waals surface area contributed by atoms with Crippen LogP contribution in [-0.4, -0.2) is 57.5 Å². The Morgan fingerprint density at radius 3 is 2.69 bits per heavy atom. The predicted octanol–water partition coefficient (Wildman–Crippen LogP) is 0.557. The first-order chi connectivity index (χ1) is 15.4. The Balaban J connectivity index is 1.75. The van der Waals surface area contributed by atoms with E-state index in [0.717, 1.165) is 0 Å². The lowest BCUT2D eigenvalue weighted by molar-refractivity contribution is -0.155. The fourth-order valence-corrected chi connectivity index (χ4v) is 3.38. The highest BCUT2D eigenvalue weighted by atomic mass is 16.5. The number of amides is 2. The summed E-state index contributed by atoms with van der Waals surface area (Å²) >= 11 is 0. The van der Waals surface area contributed by atoms with Gasteiger partial charge in [-0.05, 0) is 18.2 Å². The average Bonchev–Trinajstić information content (AvgIpc) is 3.18. The SMILES string of the molecule is CNC(=O)c1nnc(C2OCC2C(N)=O)cc1Nc1cccc(-c2ncn(C)n2)c1OC. The summed E-state index contributed by atoms with van der Waals surface area (Å²) in [4.78, 5) is 28.3. The summed E-state index contributed by atoms with van der Waals surface area (Å²) < 4.78 is 12.7. The Morgan fingerprint density at radius 2 is 2.09 bits per heavy atom. The summed E-state index contributed by atoms with van der Waals surface area (Å²) in [6, 6.07) is 7.03. The molecule has 12 heteroatoms. The van der Waals surface area contributed by atoms with Gasteiger partial charge in [-0.2, -0.15) is 10.2 Å². The highest BCUT2D eigenvalue weighted by molar-refractivity contribution is 5.98. The van der Waals surface area contributed by atoms with E-state index >= 15 is 0 Å². The van der Waals surface area contributed by atoms with Crippen molar-refractivity contribution in [2.45, 2.75) is 6.10 Å². The van der Waals surface area contributed by atoms with E-state index in [1.807, 2.05) is 12.1 Å². The summed E-state index contributed by atoms with van der Waals surface area (Å²) in [5.74, 6) is -0.453. The first kappa shape index (κ1) is 21.2. The minimum Gasteiger partial charge on any atom is -0.494 e. The number of anilines is 2. The molecule has 32 heavy (non-hydrogen) atoms. The van der Waals surface area contributed by atoms with E-state index in [4.69, 9.17) is 15.2 Å².